The summed E-state index contributed by atoms with van der Waals surface area (Å²) in [5.41, 5.74) is 3.33. The predicted molar refractivity (Wildman–Crippen MR) is 139 cm³/mol. The molecule has 9 heteroatoms. The molecule has 184 valence electrons. The number of aromatic nitrogens is 2. The number of fused-ring (bicyclic) bond motifs is 1. The lowest BCUT2D eigenvalue weighted by molar-refractivity contribution is 0.0600. The van der Waals surface area contributed by atoms with Gasteiger partial charge in [0, 0.05) is 74.3 Å². The van der Waals surface area contributed by atoms with Crippen LogP contribution < -0.4 is 5.32 Å². The molecule has 0 unspecified atom stereocenters. The Labute approximate surface area is 214 Å². The number of anilines is 1. The smallest absolute Gasteiger partial charge is 0.289 e. The molecule has 8 nitrogen and oxygen atoms in total. The quantitative estimate of drug-likeness (QED) is 0.354. The number of nitrogens with zero attached hydrogens (tertiary/aromatic N) is 5. The topological polar surface area (TPSA) is 90.3 Å². The minimum absolute atomic E-state index is 0.110. The van der Waals surface area contributed by atoms with Crippen molar-refractivity contribution in [1.29, 1.82) is 5.26 Å². The fourth-order valence-electron chi connectivity index (χ4n) is 4.48. The number of amides is 1. The van der Waals surface area contributed by atoms with E-state index >= 15 is 0 Å². The van der Waals surface area contributed by atoms with Gasteiger partial charge in [-0.3, -0.25) is 9.69 Å². The molecular formula is C27H27ClN6O2. The number of halogens is 1. The summed E-state index contributed by atoms with van der Waals surface area (Å²) < 4.78 is 7.81. The van der Waals surface area contributed by atoms with E-state index in [1.807, 2.05) is 29.6 Å². The van der Waals surface area contributed by atoms with Crippen LogP contribution in [0.2, 0.25) is 5.02 Å². The Balaban J connectivity index is 1.15. The summed E-state index contributed by atoms with van der Waals surface area (Å²) in [5, 5.41) is 14.5. The molecule has 1 amide bonds. The zero-order valence-electron chi connectivity index (χ0n) is 19.9. The summed E-state index contributed by atoms with van der Waals surface area (Å²) in [4.78, 5) is 21.1. The Kier molecular flexibility index (Phi) is 7.21. The molecular weight excluding hydrogens is 476 g/mol. The molecule has 1 fully saturated rings. The molecule has 0 radical (unpaired) electrons. The molecule has 36 heavy (non-hydrogen) atoms. The molecule has 2 aromatic carbocycles. The second kappa shape index (κ2) is 10.9. The van der Waals surface area contributed by atoms with Crippen molar-refractivity contribution in [3.05, 3.63) is 83.1 Å². The molecule has 0 saturated carbocycles. The Morgan fingerprint density at radius 2 is 2.00 bits per heavy atom. The second-order valence-electron chi connectivity index (χ2n) is 8.93. The second-order valence-corrected chi connectivity index (χ2v) is 9.36. The Morgan fingerprint density at radius 3 is 2.78 bits per heavy atom. The van der Waals surface area contributed by atoms with Crippen LogP contribution in [0.1, 0.15) is 28.1 Å². The molecule has 1 saturated heterocycles. The van der Waals surface area contributed by atoms with Crippen molar-refractivity contribution in [3.8, 4) is 6.07 Å². The number of imidazole rings is 1. The molecule has 2 aromatic heterocycles. The van der Waals surface area contributed by atoms with Crippen LogP contribution in [0, 0.1) is 11.3 Å². The number of hydrogen-bond donors (Lipinski definition) is 1. The average Bonchev–Trinajstić information content (AvgIpc) is 3.56. The minimum Gasteiger partial charge on any atom is -0.451 e. The van der Waals surface area contributed by atoms with Crippen molar-refractivity contribution >= 4 is 34.2 Å². The molecule has 0 atom stereocenters. The monoisotopic (exact) mass is 502 g/mol. The Hall–Kier alpha value is -3.80. The SMILES string of the molecule is N#Cc1ccc(NCCCn2ccnc2)cc1CN1CCN(C(=O)c2cc3cc(Cl)ccc3o2)CC1. The number of carbonyl (C=O) groups is 1. The van der Waals surface area contributed by atoms with E-state index in [0.29, 0.717) is 41.6 Å². The number of carbonyl (C=O) groups excluding carboxylic acids is 1. The first-order valence-corrected chi connectivity index (χ1v) is 12.4. The van der Waals surface area contributed by atoms with Crippen LogP contribution in [0.3, 0.4) is 0 Å². The molecule has 3 heterocycles. The van der Waals surface area contributed by atoms with Crippen molar-refractivity contribution in [2.24, 2.45) is 0 Å². The lowest BCUT2D eigenvalue weighted by Gasteiger charge is -2.34. The maximum absolute atomic E-state index is 13.0. The third-order valence-corrected chi connectivity index (χ3v) is 6.68. The van der Waals surface area contributed by atoms with Crippen LogP contribution in [-0.2, 0) is 13.1 Å². The van der Waals surface area contributed by atoms with Gasteiger partial charge in [0.05, 0.1) is 18.0 Å². The number of nitriles is 1. The van der Waals surface area contributed by atoms with Crippen molar-refractivity contribution in [2.45, 2.75) is 19.5 Å². The maximum atomic E-state index is 13.0. The number of nitrogens with one attached hydrogen (secondary N) is 1. The van der Waals surface area contributed by atoms with Gasteiger partial charge in [-0.15, -0.1) is 0 Å². The van der Waals surface area contributed by atoms with Crippen molar-refractivity contribution < 1.29 is 9.21 Å². The summed E-state index contributed by atoms with van der Waals surface area (Å²) in [6.45, 7) is 5.06. The molecule has 5 rings (SSSR count). The van der Waals surface area contributed by atoms with Gasteiger partial charge >= 0.3 is 0 Å². The van der Waals surface area contributed by atoms with E-state index in [9.17, 15) is 10.1 Å². The van der Waals surface area contributed by atoms with Gasteiger partial charge in [0.25, 0.3) is 5.91 Å². The van der Waals surface area contributed by atoms with Gasteiger partial charge in [-0.1, -0.05) is 11.6 Å². The number of piperazine rings is 1. The fraction of sp³-hybridized carbons (Fsp3) is 0.296. The molecule has 1 aliphatic heterocycles. The van der Waals surface area contributed by atoms with Gasteiger partial charge in [-0.05, 0) is 54.4 Å². The first-order chi connectivity index (χ1) is 17.6. The van der Waals surface area contributed by atoms with Crippen LogP contribution in [0.5, 0.6) is 0 Å². The average molecular weight is 503 g/mol. The van der Waals surface area contributed by atoms with Gasteiger partial charge in [0.15, 0.2) is 5.76 Å². The molecule has 0 bridgehead atoms. The molecule has 1 aliphatic rings. The molecule has 0 spiro atoms. The van der Waals surface area contributed by atoms with Gasteiger partial charge in [0.2, 0.25) is 0 Å². The third-order valence-electron chi connectivity index (χ3n) is 6.45. The normalized spacial score (nSPS) is 14.2. The van der Waals surface area contributed by atoms with E-state index in [-0.39, 0.29) is 5.91 Å². The van der Waals surface area contributed by atoms with Crippen molar-refractivity contribution in [1.82, 2.24) is 19.4 Å². The zero-order chi connectivity index (χ0) is 24.9. The van der Waals surface area contributed by atoms with E-state index < -0.39 is 0 Å². The van der Waals surface area contributed by atoms with E-state index in [1.165, 1.54) is 0 Å². The minimum atomic E-state index is -0.110. The highest BCUT2D eigenvalue weighted by molar-refractivity contribution is 6.31. The molecule has 1 N–H and O–H groups in total. The van der Waals surface area contributed by atoms with Crippen LogP contribution >= 0.6 is 11.6 Å². The lowest BCUT2D eigenvalue weighted by atomic mass is 10.1. The van der Waals surface area contributed by atoms with Crippen molar-refractivity contribution in [2.75, 3.05) is 38.0 Å². The van der Waals surface area contributed by atoms with Crippen LogP contribution in [0.15, 0.2) is 65.6 Å². The Morgan fingerprint density at radius 1 is 1.14 bits per heavy atom. The molecule has 4 aromatic rings. The Bertz CT molecular complexity index is 1380. The summed E-state index contributed by atoms with van der Waals surface area (Å²) >= 11 is 6.05. The van der Waals surface area contributed by atoms with E-state index in [4.69, 9.17) is 16.0 Å². The van der Waals surface area contributed by atoms with Gasteiger partial charge in [0.1, 0.15) is 5.58 Å². The summed E-state index contributed by atoms with van der Waals surface area (Å²) in [6, 6.07) is 15.3. The summed E-state index contributed by atoms with van der Waals surface area (Å²) in [6.07, 6.45) is 6.53. The van der Waals surface area contributed by atoms with Crippen LogP contribution in [0.25, 0.3) is 11.0 Å². The fourth-order valence-corrected chi connectivity index (χ4v) is 4.66. The summed E-state index contributed by atoms with van der Waals surface area (Å²) in [7, 11) is 0. The number of hydrogen-bond acceptors (Lipinski definition) is 6. The van der Waals surface area contributed by atoms with Crippen LogP contribution in [-0.4, -0.2) is 58.0 Å². The standard InChI is InChI=1S/C27H27ClN6O2/c28-23-3-5-25-21(14-23)16-26(36-25)27(35)34-12-10-32(11-13-34)18-22-15-24(4-2-20(22)17-29)31-6-1-8-33-9-7-30-19-33/h2-5,7,9,14-16,19,31H,1,6,8,10-13,18H2. The van der Waals surface area contributed by atoms with Gasteiger partial charge in [-0.2, -0.15) is 5.26 Å². The highest BCUT2D eigenvalue weighted by atomic mass is 35.5. The van der Waals surface area contributed by atoms with E-state index in [0.717, 1.165) is 49.2 Å². The van der Waals surface area contributed by atoms with Gasteiger partial charge < -0.3 is 19.2 Å². The third kappa shape index (κ3) is 5.54. The zero-order valence-corrected chi connectivity index (χ0v) is 20.6. The van der Waals surface area contributed by atoms with E-state index in [1.54, 1.807) is 30.5 Å². The summed E-state index contributed by atoms with van der Waals surface area (Å²) in [5.74, 6) is 0.223. The number of benzene rings is 2. The number of furan rings is 1. The van der Waals surface area contributed by atoms with E-state index in [2.05, 4.69) is 31.9 Å². The highest BCUT2D eigenvalue weighted by Crippen LogP contribution is 2.24. The molecule has 0 aliphatic carbocycles. The first kappa shape index (κ1) is 23.9. The maximum Gasteiger partial charge on any atom is 0.289 e. The van der Waals surface area contributed by atoms with Gasteiger partial charge in [-0.25, -0.2) is 4.98 Å². The largest absolute Gasteiger partial charge is 0.451 e. The highest BCUT2D eigenvalue weighted by Gasteiger charge is 2.25. The predicted octanol–water partition coefficient (Wildman–Crippen LogP) is 4.61. The van der Waals surface area contributed by atoms with Crippen LogP contribution in [0.4, 0.5) is 5.69 Å². The number of rotatable bonds is 8. The number of aryl methyl sites for hydroxylation is 1. The first-order valence-electron chi connectivity index (χ1n) is 12.0. The lowest BCUT2D eigenvalue weighted by Crippen LogP contribution is -2.48. The van der Waals surface area contributed by atoms with Crippen molar-refractivity contribution in [3.63, 3.8) is 0 Å².